The van der Waals surface area contributed by atoms with Crippen molar-refractivity contribution in [1.29, 1.82) is 0 Å². The van der Waals surface area contributed by atoms with Crippen LogP contribution in [-0.2, 0) is 4.74 Å². The molecule has 0 aromatic carbocycles. The fourth-order valence-electron chi connectivity index (χ4n) is 3.27. The van der Waals surface area contributed by atoms with Crippen LogP contribution < -0.4 is 5.32 Å². The first-order valence-corrected chi connectivity index (χ1v) is 7.57. The number of rotatable bonds is 4. The molecule has 2 rings (SSSR count). The van der Waals surface area contributed by atoms with Crippen molar-refractivity contribution >= 4 is 0 Å². The van der Waals surface area contributed by atoms with Crippen molar-refractivity contribution < 1.29 is 4.74 Å². The van der Waals surface area contributed by atoms with Crippen molar-refractivity contribution in [2.75, 3.05) is 19.8 Å². The van der Waals surface area contributed by atoms with Gasteiger partial charge in [0.15, 0.2) is 0 Å². The molecule has 0 aromatic rings. The molecule has 1 saturated carbocycles. The van der Waals surface area contributed by atoms with Crippen molar-refractivity contribution in [3.05, 3.63) is 0 Å². The molecule has 1 saturated heterocycles. The summed E-state index contributed by atoms with van der Waals surface area (Å²) in [7, 11) is 0. The minimum Gasteiger partial charge on any atom is -0.381 e. The highest BCUT2D eigenvalue weighted by Crippen LogP contribution is 2.30. The van der Waals surface area contributed by atoms with E-state index in [4.69, 9.17) is 4.74 Å². The van der Waals surface area contributed by atoms with Crippen molar-refractivity contribution in [2.45, 2.75) is 58.4 Å². The van der Waals surface area contributed by atoms with Crippen LogP contribution in [0.5, 0.6) is 0 Å². The van der Waals surface area contributed by atoms with E-state index < -0.39 is 0 Å². The lowest BCUT2D eigenvalue weighted by atomic mass is 9.79. The largest absolute Gasteiger partial charge is 0.381 e. The van der Waals surface area contributed by atoms with Crippen molar-refractivity contribution in [3.63, 3.8) is 0 Å². The molecule has 0 spiro atoms. The van der Waals surface area contributed by atoms with Crippen LogP contribution in [0.15, 0.2) is 0 Å². The predicted octanol–water partition coefficient (Wildman–Crippen LogP) is 3.22. The number of ether oxygens (including phenoxy) is 1. The Morgan fingerprint density at radius 2 is 1.65 bits per heavy atom. The molecule has 2 nitrogen and oxygen atoms in total. The summed E-state index contributed by atoms with van der Waals surface area (Å²) in [6.45, 7) is 7.93. The zero-order valence-electron chi connectivity index (χ0n) is 11.6. The van der Waals surface area contributed by atoms with E-state index in [1.54, 1.807) is 0 Å². The van der Waals surface area contributed by atoms with Gasteiger partial charge in [0.05, 0.1) is 0 Å². The second kappa shape index (κ2) is 6.75. The second-order valence-electron chi connectivity index (χ2n) is 6.32. The van der Waals surface area contributed by atoms with Gasteiger partial charge in [0, 0.05) is 19.3 Å². The molecule has 0 aromatic heterocycles. The van der Waals surface area contributed by atoms with E-state index in [-0.39, 0.29) is 0 Å². The highest BCUT2D eigenvalue weighted by molar-refractivity contribution is 4.79. The van der Waals surface area contributed by atoms with E-state index in [0.717, 1.165) is 37.0 Å². The van der Waals surface area contributed by atoms with Crippen LogP contribution in [-0.4, -0.2) is 25.8 Å². The quantitative estimate of drug-likeness (QED) is 0.813. The first-order chi connectivity index (χ1) is 8.25. The van der Waals surface area contributed by atoms with Gasteiger partial charge in [0.2, 0.25) is 0 Å². The van der Waals surface area contributed by atoms with Crippen LogP contribution in [0, 0.1) is 17.8 Å². The first-order valence-electron chi connectivity index (χ1n) is 7.57. The molecule has 0 amide bonds. The highest BCUT2D eigenvalue weighted by atomic mass is 16.5. The second-order valence-corrected chi connectivity index (χ2v) is 6.32. The lowest BCUT2D eigenvalue weighted by Gasteiger charge is -2.33. The van der Waals surface area contributed by atoms with Gasteiger partial charge in [-0.1, -0.05) is 13.8 Å². The van der Waals surface area contributed by atoms with Gasteiger partial charge in [-0.25, -0.2) is 0 Å². The summed E-state index contributed by atoms with van der Waals surface area (Å²) in [5, 5.41) is 3.80. The molecule has 0 atom stereocenters. The van der Waals surface area contributed by atoms with Gasteiger partial charge in [-0.05, 0) is 62.8 Å². The molecule has 1 N–H and O–H groups in total. The summed E-state index contributed by atoms with van der Waals surface area (Å²) in [5.41, 5.74) is 0. The van der Waals surface area contributed by atoms with Crippen LogP contribution in [0.3, 0.4) is 0 Å². The molecular weight excluding hydrogens is 210 g/mol. The lowest BCUT2D eigenvalue weighted by Crippen LogP contribution is -2.38. The van der Waals surface area contributed by atoms with Gasteiger partial charge in [-0.3, -0.25) is 0 Å². The summed E-state index contributed by atoms with van der Waals surface area (Å²) in [6, 6.07) is 0.799. The monoisotopic (exact) mass is 239 g/mol. The van der Waals surface area contributed by atoms with E-state index in [1.807, 2.05) is 0 Å². The Kier molecular flexibility index (Phi) is 5.30. The number of nitrogens with one attached hydrogen (secondary N) is 1. The summed E-state index contributed by atoms with van der Waals surface area (Å²) in [5.74, 6) is 2.73. The summed E-state index contributed by atoms with van der Waals surface area (Å²) in [4.78, 5) is 0. The molecule has 2 heteroatoms. The minimum absolute atomic E-state index is 0.799. The molecule has 0 unspecified atom stereocenters. The van der Waals surface area contributed by atoms with Gasteiger partial charge in [-0.2, -0.15) is 0 Å². The molecule has 2 fully saturated rings. The Labute approximate surface area is 107 Å². The van der Waals surface area contributed by atoms with Gasteiger partial charge in [0.25, 0.3) is 0 Å². The zero-order chi connectivity index (χ0) is 12.1. The maximum absolute atomic E-state index is 5.40. The van der Waals surface area contributed by atoms with Crippen molar-refractivity contribution in [1.82, 2.24) is 5.32 Å². The molecular formula is C15H29NO. The van der Waals surface area contributed by atoms with Crippen molar-refractivity contribution in [3.8, 4) is 0 Å². The highest BCUT2D eigenvalue weighted by Gasteiger charge is 2.23. The van der Waals surface area contributed by atoms with Crippen LogP contribution in [0.4, 0.5) is 0 Å². The van der Waals surface area contributed by atoms with Gasteiger partial charge >= 0.3 is 0 Å². The van der Waals surface area contributed by atoms with E-state index in [1.165, 1.54) is 45.1 Å². The van der Waals surface area contributed by atoms with E-state index in [9.17, 15) is 0 Å². The molecule has 2 aliphatic rings. The third-order valence-electron chi connectivity index (χ3n) is 4.75. The Morgan fingerprint density at radius 3 is 2.24 bits per heavy atom. The molecule has 100 valence electrons. The fourth-order valence-corrected chi connectivity index (χ4v) is 3.27. The normalized spacial score (nSPS) is 31.9. The lowest BCUT2D eigenvalue weighted by molar-refractivity contribution is 0.0645. The Balaban J connectivity index is 1.61. The number of hydrogen-bond acceptors (Lipinski definition) is 2. The molecule has 17 heavy (non-hydrogen) atoms. The van der Waals surface area contributed by atoms with Gasteiger partial charge < -0.3 is 10.1 Å². The molecule has 1 heterocycles. The average molecular weight is 239 g/mol. The van der Waals surface area contributed by atoms with Crippen LogP contribution in [0.1, 0.15) is 52.4 Å². The van der Waals surface area contributed by atoms with E-state index in [0.29, 0.717) is 0 Å². The first kappa shape index (κ1) is 13.4. The topological polar surface area (TPSA) is 21.3 Å². The van der Waals surface area contributed by atoms with Gasteiger partial charge in [0.1, 0.15) is 0 Å². The average Bonchev–Trinajstić information content (AvgIpc) is 2.38. The Hall–Kier alpha value is -0.0800. The zero-order valence-corrected chi connectivity index (χ0v) is 11.6. The third kappa shape index (κ3) is 4.26. The molecule has 0 radical (unpaired) electrons. The van der Waals surface area contributed by atoms with Crippen LogP contribution >= 0.6 is 0 Å². The maximum atomic E-state index is 5.40. The number of hydrogen-bond donors (Lipinski definition) is 1. The summed E-state index contributed by atoms with van der Waals surface area (Å²) in [6.07, 6.45) is 8.17. The minimum atomic E-state index is 0.799. The van der Waals surface area contributed by atoms with Crippen LogP contribution in [0.25, 0.3) is 0 Å². The molecule has 1 aliphatic heterocycles. The summed E-state index contributed by atoms with van der Waals surface area (Å²) < 4.78 is 5.40. The van der Waals surface area contributed by atoms with E-state index in [2.05, 4.69) is 19.2 Å². The predicted molar refractivity (Wildman–Crippen MR) is 72.1 cm³/mol. The third-order valence-corrected chi connectivity index (χ3v) is 4.75. The van der Waals surface area contributed by atoms with Gasteiger partial charge in [-0.15, -0.1) is 0 Å². The van der Waals surface area contributed by atoms with Crippen LogP contribution in [0.2, 0.25) is 0 Å². The fraction of sp³-hybridized carbons (Fsp3) is 1.00. The maximum Gasteiger partial charge on any atom is 0.0469 e. The smallest absolute Gasteiger partial charge is 0.0469 e. The van der Waals surface area contributed by atoms with Crippen molar-refractivity contribution in [2.24, 2.45) is 17.8 Å². The standard InChI is InChI=1S/C15H29NO/c1-12(2)14-3-5-15(6-4-14)16-11-13-7-9-17-10-8-13/h12-16H,3-11H2,1-2H3. The Morgan fingerprint density at radius 1 is 1.00 bits per heavy atom. The molecule has 1 aliphatic carbocycles. The Bertz CT molecular complexity index is 203. The van der Waals surface area contributed by atoms with E-state index >= 15 is 0 Å². The summed E-state index contributed by atoms with van der Waals surface area (Å²) >= 11 is 0. The molecule has 0 bridgehead atoms. The SMILES string of the molecule is CC(C)C1CCC(NCC2CCOCC2)CC1.